The van der Waals surface area contributed by atoms with Crippen molar-refractivity contribution in [1.82, 2.24) is 20.2 Å². The quantitative estimate of drug-likeness (QED) is 0.206. The smallest absolute Gasteiger partial charge is 0.354 e. The highest BCUT2D eigenvalue weighted by molar-refractivity contribution is 8.03. The van der Waals surface area contributed by atoms with Gasteiger partial charge in [-0.2, -0.15) is 13.2 Å². The second-order valence-corrected chi connectivity index (χ2v) is 15.7. The first-order chi connectivity index (χ1) is 18.6. The minimum Gasteiger partial charge on any atom is -0.354 e. The van der Waals surface area contributed by atoms with Gasteiger partial charge in [-0.05, 0) is 54.3 Å². The van der Waals surface area contributed by atoms with Crippen LogP contribution in [0.4, 0.5) is 33.5 Å². The summed E-state index contributed by atoms with van der Waals surface area (Å²) in [5.74, 6) is -4.61. The molecule has 0 bridgehead atoms. The van der Waals surface area contributed by atoms with Gasteiger partial charge < -0.3 is 15.5 Å². The number of alkyl halides is 5. The molecule has 9 nitrogen and oxygen atoms in total. The minimum absolute atomic E-state index is 0.0466. The largest absolute Gasteiger partial charge is 0.435 e. The first kappa shape index (κ1) is 31.5. The minimum atomic E-state index is -4.91. The van der Waals surface area contributed by atoms with Crippen LogP contribution in [0.15, 0.2) is 29.2 Å². The monoisotopic (exact) mass is 608 g/mol. The second kappa shape index (κ2) is 12.3. The zero-order valence-electron chi connectivity index (χ0n) is 22.5. The Bertz CT molecular complexity index is 1310. The molecule has 0 saturated carbocycles. The topological polar surface area (TPSA) is 116 Å². The maximum atomic E-state index is 14.0. The highest BCUT2D eigenvalue weighted by Crippen LogP contribution is 2.36. The number of halogens is 5. The molecule has 2 heterocycles. The molecule has 2 aromatic rings. The third-order valence-corrected chi connectivity index (χ3v) is 11.8. The van der Waals surface area contributed by atoms with Crippen molar-refractivity contribution in [2.24, 2.45) is 0 Å². The zero-order chi connectivity index (χ0) is 29.9. The van der Waals surface area contributed by atoms with Gasteiger partial charge in [0.2, 0.25) is 11.8 Å². The Hall–Kier alpha value is -2.98. The summed E-state index contributed by atoms with van der Waals surface area (Å²) in [6.45, 7) is 2.57. The molecule has 1 aromatic heterocycles. The molecule has 40 heavy (non-hydrogen) atoms. The Kier molecular flexibility index (Phi) is 9.67. The third-order valence-electron chi connectivity index (χ3n) is 6.55. The number of benzene rings is 1. The number of nitrogens with zero attached hydrogens (tertiary/aromatic N) is 3. The van der Waals surface area contributed by atoms with Crippen LogP contribution in [0.2, 0.25) is 0 Å². The molecule has 1 aliphatic heterocycles. The summed E-state index contributed by atoms with van der Waals surface area (Å²) < 4.78 is 85.3. The van der Waals surface area contributed by atoms with Gasteiger partial charge >= 0.3 is 6.18 Å². The molecule has 1 atom stereocenters. The lowest BCUT2D eigenvalue weighted by Gasteiger charge is -2.30. The maximum Gasteiger partial charge on any atom is 0.435 e. The highest BCUT2D eigenvalue weighted by atomic mass is 32.3. The Morgan fingerprint density at radius 1 is 1.20 bits per heavy atom. The number of rotatable bonds is 8. The lowest BCUT2D eigenvalue weighted by molar-refractivity contribution is -0.142. The Balaban J connectivity index is 2.02. The van der Waals surface area contributed by atoms with Gasteiger partial charge in [0.25, 0.3) is 5.91 Å². The number of carbonyl (C=O) groups excluding carboxylic acids is 2. The number of thiol groups is 1. The van der Waals surface area contributed by atoms with Crippen LogP contribution in [0.25, 0.3) is 0 Å². The molecule has 3 rings (SSSR count). The molecule has 2 amide bonds. The van der Waals surface area contributed by atoms with Crippen molar-refractivity contribution in [1.29, 1.82) is 0 Å². The van der Waals surface area contributed by atoms with E-state index in [4.69, 9.17) is 0 Å². The van der Waals surface area contributed by atoms with E-state index in [1.54, 1.807) is 14.0 Å². The van der Waals surface area contributed by atoms with Crippen LogP contribution in [0.5, 0.6) is 0 Å². The van der Waals surface area contributed by atoms with Gasteiger partial charge in [-0.25, -0.2) is 8.78 Å². The fraction of sp³-hybridized carbons (Fsp3) is 0.500. The number of amides is 2. The molecule has 16 heteroatoms. The van der Waals surface area contributed by atoms with Gasteiger partial charge in [0.1, 0.15) is 0 Å². The van der Waals surface area contributed by atoms with E-state index in [1.807, 2.05) is 0 Å². The molecule has 1 aromatic carbocycles. The summed E-state index contributed by atoms with van der Waals surface area (Å²) in [4.78, 5) is 27.0. The van der Waals surface area contributed by atoms with Crippen molar-refractivity contribution in [2.45, 2.75) is 55.0 Å². The molecule has 0 unspecified atom stereocenters. The summed E-state index contributed by atoms with van der Waals surface area (Å²) in [5, 5.41) is 12.2. The lowest BCUT2D eigenvalue weighted by atomic mass is 10.1. The van der Waals surface area contributed by atoms with E-state index < -0.39 is 63.7 Å². The number of hydrogen-bond donors (Lipinski definition) is 4. The molecule has 1 saturated heterocycles. The van der Waals surface area contributed by atoms with Crippen LogP contribution in [0.3, 0.4) is 0 Å². The summed E-state index contributed by atoms with van der Waals surface area (Å²) >= 11 is 0. The molecular formula is C24H33F5N6O3SSi. The van der Waals surface area contributed by atoms with Crippen LogP contribution < -0.4 is 20.3 Å². The molecule has 3 N–H and O–H groups in total. The van der Waals surface area contributed by atoms with E-state index >= 15 is 0 Å². The van der Waals surface area contributed by atoms with E-state index in [9.17, 15) is 35.8 Å². The molecule has 0 radical (unpaired) electrons. The predicted octanol–water partition coefficient (Wildman–Crippen LogP) is 2.02. The molecule has 1 aliphatic rings. The molecule has 0 aliphatic carbocycles. The SMILES string of the molecule is CNCC(=O)N[SH](=O)(c1cccc(NC(=O)c2c(N3CCCC(F)(F)CC3)nnc(C(F)(F)F)c2C)c1)[C@@H](C)[SiH3]. The van der Waals surface area contributed by atoms with Crippen LogP contribution in [0.1, 0.15) is 47.8 Å². The standard InChI is InChI=1S/C24H33F5N6O3SSi/c1-14-19(21(33-32-20(14)24(27,28)29)35-10-5-8-23(25,26)9-11-35)22(37)31-16-6-4-7-17(12-16)39(38,15(2)40)34-18(36)13-30-3/h4,6-7,12,15,30,39H,5,8-11,13H2,1-3,40H3,(H,31,37)(H,34,36,38)/t15-/m1/s1. The number of aromatic nitrogens is 2. The van der Waals surface area contributed by atoms with Crippen molar-refractivity contribution in [3.63, 3.8) is 0 Å². The molecule has 0 spiro atoms. The molecule has 1 fully saturated rings. The number of hydrogen-bond acceptors (Lipinski definition) is 7. The predicted molar refractivity (Wildman–Crippen MR) is 146 cm³/mol. The van der Waals surface area contributed by atoms with E-state index in [0.717, 1.165) is 6.92 Å². The van der Waals surface area contributed by atoms with Crippen LogP contribution >= 0.6 is 0 Å². The fourth-order valence-electron chi connectivity index (χ4n) is 4.41. The Morgan fingerprint density at radius 2 is 1.90 bits per heavy atom. The van der Waals surface area contributed by atoms with Crippen molar-refractivity contribution in [3.05, 3.63) is 41.1 Å². The maximum absolute atomic E-state index is 14.0. The molecule has 222 valence electrons. The second-order valence-electron chi connectivity index (χ2n) is 9.89. The summed E-state index contributed by atoms with van der Waals surface area (Å²) in [7, 11) is -1.40. The number of nitrogens with one attached hydrogen (secondary N) is 3. The van der Waals surface area contributed by atoms with Gasteiger partial charge in [-0.3, -0.25) is 18.5 Å². The number of carbonyl (C=O) groups is 2. The van der Waals surface area contributed by atoms with Gasteiger partial charge in [-0.15, -0.1) is 10.2 Å². The Morgan fingerprint density at radius 3 is 2.52 bits per heavy atom. The van der Waals surface area contributed by atoms with Crippen LogP contribution in [0, 0.1) is 6.92 Å². The normalized spacial score (nSPS) is 17.1. The highest BCUT2D eigenvalue weighted by Gasteiger charge is 2.39. The van der Waals surface area contributed by atoms with Gasteiger partial charge in [0.15, 0.2) is 11.5 Å². The summed E-state index contributed by atoms with van der Waals surface area (Å²) in [5.41, 5.74) is -2.19. The average Bonchev–Trinajstić information content (AvgIpc) is 3.03. The van der Waals surface area contributed by atoms with Gasteiger partial charge in [0, 0.05) is 51.6 Å². The van der Waals surface area contributed by atoms with Gasteiger partial charge in [-0.1, -0.05) is 13.0 Å². The first-order valence-corrected chi connectivity index (χ1v) is 15.6. The van der Waals surface area contributed by atoms with Crippen molar-refractivity contribution >= 4 is 43.7 Å². The van der Waals surface area contributed by atoms with Gasteiger partial charge in [0.05, 0.1) is 12.1 Å². The fourth-order valence-corrected chi connectivity index (χ4v) is 7.76. The summed E-state index contributed by atoms with van der Waals surface area (Å²) in [6.07, 6.45) is -5.81. The van der Waals surface area contributed by atoms with Crippen molar-refractivity contribution in [3.8, 4) is 0 Å². The van der Waals surface area contributed by atoms with Crippen molar-refractivity contribution in [2.75, 3.05) is 36.9 Å². The Labute approximate surface area is 232 Å². The van der Waals surface area contributed by atoms with E-state index in [2.05, 4.69) is 25.6 Å². The molecular weight excluding hydrogens is 575 g/mol. The number of anilines is 2. The van der Waals surface area contributed by atoms with Crippen LogP contribution in [-0.4, -0.2) is 73.9 Å². The third kappa shape index (κ3) is 7.20. The van der Waals surface area contributed by atoms with E-state index in [1.165, 1.54) is 29.2 Å². The van der Waals surface area contributed by atoms with Crippen molar-refractivity contribution < 1.29 is 35.8 Å². The summed E-state index contributed by atoms with van der Waals surface area (Å²) in [6, 6.07) is 5.89. The number of likely N-dealkylation sites (N-methyl/N-ethyl adjacent to an activating group) is 1. The average molecular weight is 609 g/mol. The van der Waals surface area contributed by atoms with E-state index in [0.29, 0.717) is 10.2 Å². The van der Waals surface area contributed by atoms with E-state index in [-0.39, 0.29) is 47.3 Å². The zero-order valence-corrected chi connectivity index (χ0v) is 25.4. The lowest BCUT2D eigenvalue weighted by Crippen LogP contribution is -2.46. The van der Waals surface area contributed by atoms with Crippen LogP contribution in [-0.2, 0) is 21.1 Å². The first-order valence-electron chi connectivity index (χ1n) is 12.6.